The highest BCUT2D eigenvalue weighted by Crippen LogP contribution is 2.23. The Bertz CT molecular complexity index is 368. The van der Waals surface area contributed by atoms with Crippen LogP contribution >= 0.6 is 11.6 Å². The maximum atomic E-state index is 10.5. The monoisotopic (exact) mass is 193 g/mol. The lowest BCUT2D eigenvalue weighted by Crippen LogP contribution is -1.99. The Hall–Kier alpha value is -1.33. The van der Waals surface area contributed by atoms with Crippen LogP contribution in [0.3, 0.4) is 0 Å². The third-order valence-corrected chi connectivity index (χ3v) is 2.33. The van der Waals surface area contributed by atoms with E-state index >= 15 is 0 Å². The van der Waals surface area contributed by atoms with E-state index < -0.39 is 5.92 Å². The summed E-state index contributed by atoms with van der Waals surface area (Å²) >= 11 is 5.85. The van der Waals surface area contributed by atoms with Crippen molar-refractivity contribution in [3.8, 4) is 6.07 Å². The standard InChI is InChI=1S/C10H8ClNO/c1-7-9(8(5-12)6-13)3-2-4-10(7)11/h2-4,6,8H,1H3. The quantitative estimate of drug-likeness (QED) is 0.677. The SMILES string of the molecule is Cc1c(Cl)cccc1C(C#N)C=O. The topological polar surface area (TPSA) is 40.9 Å². The van der Waals surface area contributed by atoms with Crippen LogP contribution in [0.2, 0.25) is 5.02 Å². The molecule has 3 heteroatoms. The molecule has 0 radical (unpaired) electrons. The molecule has 0 amide bonds. The van der Waals surface area contributed by atoms with Crippen LogP contribution in [0.25, 0.3) is 0 Å². The highest BCUT2D eigenvalue weighted by Gasteiger charge is 2.12. The van der Waals surface area contributed by atoms with Crippen LogP contribution in [-0.4, -0.2) is 6.29 Å². The molecule has 66 valence electrons. The summed E-state index contributed by atoms with van der Waals surface area (Å²) in [6.45, 7) is 1.80. The highest BCUT2D eigenvalue weighted by molar-refractivity contribution is 6.31. The highest BCUT2D eigenvalue weighted by atomic mass is 35.5. The van der Waals surface area contributed by atoms with Crippen LogP contribution in [0, 0.1) is 18.3 Å². The van der Waals surface area contributed by atoms with Crippen molar-refractivity contribution in [2.45, 2.75) is 12.8 Å². The van der Waals surface area contributed by atoms with Gasteiger partial charge >= 0.3 is 0 Å². The number of hydrogen-bond acceptors (Lipinski definition) is 2. The van der Waals surface area contributed by atoms with Gasteiger partial charge in [0.1, 0.15) is 12.2 Å². The maximum absolute atomic E-state index is 10.5. The minimum Gasteiger partial charge on any atom is -0.302 e. The van der Waals surface area contributed by atoms with Crippen LogP contribution in [0.5, 0.6) is 0 Å². The molecule has 1 aromatic rings. The minimum absolute atomic E-state index is 0.583. The summed E-state index contributed by atoms with van der Waals surface area (Å²) in [5, 5.41) is 9.25. The molecule has 0 aliphatic carbocycles. The first-order chi connectivity index (χ1) is 6.20. The molecule has 0 saturated heterocycles. The zero-order valence-electron chi connectivity index (χ0n) is 7.12. The number of carbonyl (C=O) groups excluding carboxylic acids is 1. The number of nitriles is 1. The average molecular weight is 194 g/mol. The average Bonchev–Trinajstić information content (AvgIpc) is 2.14. The Morgan fingerprint density at radius 3 is 2.85 bits per heavy atom. The van der Waals surface area contributed by atoms with Crippen LogP contribution in [0.15, 0.2) is 18.2 Å². The van der Waals surface area contributed by atoms with E-state index in [2.05, 4.69) is 0 Å². The molecule has 0 N–H and O–H groups in total. The minimum atomic E-state index is -0.710. The molecule has 13 heavy (non-hydrogen) atoms. The predicted octanol–water partition coefficient (Wildman–Crippen LogP) is 2.45. The predicted molar refractivity (Wildman–Crippen MR) is 50.6 cm³/mol. The van der Waals surface area contributed by atoms with E-state index in [0.29, 0.717) is 16.9 Å². The number of aldehydes is 1. The zero-order valence-corrected chi connectivity index (χ0v) is 7.88. The molecule has 2 nitrogen and oxygen atoms in total. The third-order valence-electron chi connectivity index (χ3n) is 1.92. The fourth-order valence-corrected chi connectivity index (χ4v) is 1.32. The number of carbonyl (C=O) groups is 1. The molecule has 0 spiro atoms. The Kier molecular flexibility index (Phi) is 3.05. The Morgan fingerprint density at radius 1 is 1.62 bits per heavy atom. The third kappa shape index (κ3) is 1.88. The number of nitrogens with zero attached hydrogens (tertiary/aromatic N) is 1. The van der Waals surface area contributed by atoms with Gasteiger partial charge in [0.05, 0.1) is 6.07 Å². The maximum Gasteiger partial charge on any atom is 0.141 e. The molecule has 0 aliphatic rings. The van der Waals surface area contributed by atoms with Gasteiger partial charge in [0, 0.05) is 5.02 Å². The van der Waals surface area contributed by atoms with Gasteiger partial charge in [0.2, 0.25) is 0 Å². The van der Waals surface area contributed by atoms with E-state index in [-0.39, 0.29) is 0 Å². The van der Waals surface area contributed by atoms with E-state index in [1.165, 1.54) is 0 Å². The van der Waals surface area contributed by atoms with E-state index in [0.717, 1.165) is 5.56 Å². The molecular formula is C10H8ClNO. The second kappa shape index (κ2) is 4.06. The lowest BCUT2D eigenvalue weighted by atomic mass is 9.97. The number of hydrogen-bond donors (Lipinski definition) is 0. The molecule has 0 aliphatic heterocycles. The molecule has 1 rings (SSSR count). The van der Waals surface area contributed by atoms with E-state index in [1.54, 1.807) is 25.1 Å². The van der Waals surface area contributed by atoms with Gasteiger partial charge in [0.15, 0.2) is 0 Å². The second-order valence-electron chi connectivity index (χ2n) is 2.70. The van der Waals surface area contributed by atoms with Gasteiger partial charge in [-0.15, -0.1) is 0 Å². The molecule has 0 bridgehead atoms. The van der Waals surface area contributed by atoms with E-state index in [1.807, 2.05) is 6.07 Å². The molecule has 0 aromatic heterocycles. The van der Waals surface area contributed by atoms with Crippen LogP contribution in [0.1, 0.15) is 17.0 Å². The first-order valence-corrected chi connectivity index (χ1v) is 4.18. The molecule has 1 aromatic carbocycles. The number of rotatable bonds is 2. The van der Waals surface area contributed by atoms with Crippen molar-refractivity contribution < 1.29 is 4.79 Å². The fourth-order valence-electron chi connectivity index (χ4n) is 1.13. The molecule has 0 heterocycles. The van der Waals surface area contributed by atoms with Crippen molar-refractivity contribution in [3.05, 3.63) is 34.3 Å². The summed E-state index contributed by atoms with van der Waals surface area (Å²) in [6.07, 6.45) is 0.624. The lowest BCUT2D eigenvalue weighted by Gasteiger charge is -2.07. The van der Waals surface area contributed by atoms with Gasteiger partial charge in [-0.05, 0) is 24.1 Å². The molecular weight excluding hydrogens is 186 g/mol. The summed E-state index contributed by atoms with van der Waals surface area (Å²) < 4.78 is 0. The molecule has 0 saturated carbocycles. The largest absolute Gasteiger partial charge is 0.302 e. The summed E-state index contributed by atoms with van der Waals surface area (Å²) in [6, 6.07) is 7.12. The lowest BCUT2D eigenvalue weighted by molar-refractivity contribution is -0.108. The zero-order chi connectivity index (χ0) is 9.84. The van der Waals surface area contributed by atoms with Crippen molar-refractivity contribution in [3.63, 3.8) is 0 Å². The normalized spacial score (nSPS) is 11.8. The van der Waals surface area contributed by atoms with Crippen molar-refractivity contribution in [2.24, 2.45) is 0 Å². The van der Waals surface area contributed by atoms with Gasteiger partial charge in [-0.25, -0.2) is 0 Å². The van der Waals surface area contributed by atoms with Crippen LogP contribution in [-0.2, 0) is 4.79 Å². The number of benzene rings is 1. The summed E-state index contributed by atoms with van der Waals surface area (Å²) in [4.78, 5) is 10.5. The van der Waals surface area contributed by atoms with Crippen LogP contribution in [0.4, 0.5) is 0 Å². The second-order valence-corrected chi connectivity index (χ2v) is 3.10. The van der Waals surface area contributed by atoms with Crippen molar-refractivity contribution in [1.82, 2.24) is 0 Å². The summed E-state index contributed by atoms with van der Waals surface area (Å²) in [7, 11) is 0. The van der Waals surface area contributed by atoms with Gasteiger partial charge < -0.3 is 4.79 Å². The molecule has 0 fully saturated rings. The van der Waals surface area contributed by atoms with Crippen LogP contribution < -0.4 is 0 Å². The first kappa shape index (κ1) is 9.76. The van der Waals surface area contributed by atoms with Crippen molar-refractivity contribution in [2.75, 3.05) is 0 Å². The first-order valence-electron chi connectivity index (χ1n) is 3.80. The number of halogens is 1. The van der Waals surface area contributed by atoms with Gasteiger partial charge in [-0.1, -0.05) is 23.7 Å². The van der Waals surface area contributed by atoms with Gasteiger partial charge in [-0.2, -0.15) is 5.26 Å². The fraction of sp³-hybridized carbons (Fsp3) is 0.200. The summed E-state index contributed by atoms with van der Waals surface area (Å²) in [5.41, 5.74) is 1.48. The summed E-state index contributed by atoms with van der Waals surface area (Å²) in [5.74, 6) is -0.710. The molecule has 1 atom stereocenters. The van der Waals surface area contributed by atoms with Crippen molar-refractivity contribution >= 4 is 17.9 Å². The smallest absolute Gasteiger partial charge is 0.141 e. The van der Waals surface area contributed by atoms with Gasteiger partial charge in [0.25, 0.3) is 0 Å². The van der Waals surface area contributed by atoms with Crippen molar-refractivity contribution in [1.29, 1.82) is 5.26 Å². The van der Waals surface area contributed by atoms with E-state index in [4.69, 9.17) is 16.9 Å². The molecule has 1 unspecified atom stereocenters. The Labute approximate surface area is 81.7 Å². The Morgan fingerprint density at radius 2 is 2.31 bits per heavy atom. The van der Waals surface area contributed by atoms with E-state index in [9.17, 15) is 4.79 Å². The van der Waals surface area contributed by atoms with Gasteiger partial charge in [-0.3, -0.25) is 0 Å². The Balaban J connectivity index is 3.22.